The highest BCUT2D eigenvalue weighted by atomic mass is 35.5. The van der Waals surface area contributed by atoms with Gasteiger partial charge in [-0.1, -0.05) is 82.8 Å². The van der Waals surface area contributed by atoms with E-state index in [1.165, 1.54) is 65.6 Å². The molecule has 1 aliphatic heterocycles. The molecule has 8 amide bonds. The van der Waals surface area contributed by atoms with E-state index in [0.717, 1.165) is 4.90 Å². The Hall–Kier alpha value is -6.22. The van der Waals surface area contributed by atoms with Crippen LogP contribution in [0.3, 0.4) is 0 Å². The summed E-state index contributed by atoms with van der Waals surface area (Å²) in [6, 6.07) is 19.4. The zero-order valence-electron chi connectivity index (χ0n) is 41.0. The molecule has 412 valence electrons. The molecule has 2 atom stereocenters. The Morgan fingerprint density at radius 3 is 1.42 bits per heavy atom. The van der Waals surface area contributed by atoms with E-state index in [1.807, 2.05) is 0 Å². The molecule has 0 saturated heterocycles. The number of carbonyl (C=O) groups excluding carboxylic acids is 6. The Morgan fingerprint density at radius 2 is 1.04 bits per heavy atom. The lowest BCUT2D eigenvalue weighted by atomic mass is 10.1. The molecule has 3 aromatic carbocycles. The van der Waals surface area contributed by atoms with Crippen LogP contribution in [0, 0.1) is 11.6 Å². The smallest absolute Gasteiger partial charge is 0.412 e. The van der Waals surface area contributed by atoms with Crippen molar-refractivity contribution in [1.82, 2.24) is 35.3 Å². The average Bonchev–Trinajstić information content (AvgIpc) is 3.64. The predicted molar refractivity (Wildman–Crippen MR) is 297 cm³/mol. The molecule has 3 heterocycles. The highest BCUT2D eigenvalue weighted by molar-refractivity contribution is 7.59. The lowest BCUT2D eigenvalue weighted by Crippen LogP contribution is -2.46. The summed E-state index contributed by atoms with van der Waals surface area (Å²) >= 11 is 23.5. The minimum atomic E-state index is -0.800. The second-order valence-corrected chi connectivity index (χ2v) is 17.5. The minimum Gasteiger partial charge on any atom is -0.447 e. The fraction of sp³-hybridized carbons (Fsp3) is 0.292. The van der Waals surface area contributed by atoms with Gasteiger partial charge in [0.2, 0.25) is 0 Å². The van der Waals surface area contributed by atoms with E-state index in [9.17, 15) is 37.5 Å². The lowest BCUT2D eigenvalue weighted by Gasteiger charge is -2.28. The number of hydrazine groups is 1. The van der Waals surface area contributed by atoms with Gasteiger partial charge < -0.3 is 35.6 Å². The molecule has 0 bridgehead atoms. The van der Waals surface area contributed by atoms with Crippen LogP contribution in [0.4, 0.5) is 39.6 Å². The molecule has 0 saturated carbocycles. The van der Waals surface area contributed by atoms with Crippen molar-refractivity contribution in [1.29, 1.82) is 0 Å². The number of nitrogens with two attached hydrogens (primary N) is 3. The van der Waals surface area contributed by atoms with Gasteiger partial charge in [-0.3, -0.25) is 36.8 Å². The fourth-order valence-corrected chi connectivity index (χ4v) is 7.48. The first-order valence-corrected chi connectivity index (χ1v) is 23.9. The van der Waals surface area contributed by atoms with Crippen LogP contribution in [0.15, 0.2) is 97.3 Å². The van der Waals surface area contributed by atoms with Crippen LogP contribution in [0.2, 0.25) is 20.1 Å². The number of hydrogen-bond acceptors (Lipinski definition) is 13. The van der Waals surface area contributed by atoms with Crippen LogP contribution in [-0.2, 0) is 22.6 Å². The Balaban J connectivity index is 0.000000509. The van der Waals surface area contributed by atoms with Crippen LogP contribution < -0.4 is 38.7 Å². The molecular weight excluding hydrogens is 1120 g/mol. The fourth-order valence-electron chi connectivity index (χ4n) is 6.88. The number of fused-ring (bicyclic) bond motifs is 1. The van der Waals surface area contributed by atoms with Crippen molar-refractivity contribution in [2.24, 2.45) is 17.4 Å². The molecule has 28 heteroatoms. The molecule has 0 spiro atoms. The second kappa shape index (κ2) is 33.7. The number of halogens is 6. The number of nitrogens with one attached hydrogen (secondary N) is 4. The molecule has 20 nitrogen and oxygen atoms in total. The largest absolute Gasteiger partial charge is 0.447 e. The van der Waals surface area contributed by atoms with Crippen LogP contribution in [0.25, 0.3) is 0 Å². The number of imide groups is 1. The number of likely N-dealkylation sites (N-methyl/N-ethyl adjacent to an activating group) is 2. The van der Waals surface area contributed by atoms with Crippen LogP contribution in [0.1, 0.15) is 57.5 Å². The minimum absolute atomic E-state index is 0. The molecule has 0 radical (unpaired) electrons. The molecule has 1 aliphatic rings. The number of carbonyl (C=O) groups is 6. The molecule has 5 aromatic rings. The summed E-state index contributed by atoms with van der Waals surface area (Å²) in [4.78, 5) is 87.2. The lowest BCUT2D eigenvalue weighted by molar-refractivity contribution is 0.0643. The van der Waals surface area contributed by atoms with Crippen molar-refractivity contribution >= 4 is 121 Å². The van der Waals surface area contributed by atoms with Gasteiger partial charge in [-0.25, -0.2) is 37.9 Å². The SMILES string of the molecule is CN(C(=O)NCc1cccc(F)c1Cl)[C@@H](CCCN)COC(=O)Nc1ccc(Cl)cn1.CN(C(=O)NCc1cccc(F)c1Cl)[C@@H](CCCN1C(=O)c2ccccc2C1=O)COC(=O)Nc1ccc(Cl)cn1.NN.S.S. The maximum atomic E-state index is 13.8. The standard InChI is InChI=1S/C28H26Cl2FN5O5.C20H24Cl2FN5O3.H4N2.2H2S/c1-35(27(39)33-14-17-6-4-10-22(31)24(17)30)19(16-41-28(40)34-23-12-11-18(29)15-32-23)7-5-13-36-25(37)20-8-2-3-9-21(20)26(36)38;1-28(19(29)26-10-13-4-2-6-16(23)18(13)22)15(5-3-9-24)12-31-20(30)27-17-8-7-14(21)11-25-17;1-2;;/h2-4,6,8-12,15,19H,5,7,13-14,16H2,1H3,(H,33,39)(H,32,34,40);2,4,6-8,11,15H,3,5,9-10,12,24H2,1H3,(H,26,29)(H,25,27,30);1-2H2;2*1H2/t19-;15-;;;/m00.../s1. The molecule has 0 unspecified atom stereocenters. The van der Waals surface area contributed by atoms with Gasteiger partial charge in [-0.15, -0.1) is 0 Å². The molecule has 2 aromatic heterocycles. The normalized spacial score (nSPS) is 11.8. The molecule has 6 rings (SSSR count). The van der Waals surface area contributed by atoms with Crippen LogP contribution in [0.5, 0.6) is 0 Å². The van der Waals surface area contributed by atoms with Gasteiger partial charge in [0.05, 0.1) is 43.3 Å². The molecular formula is C48H58Cl4F2N12O8S2. The highest BCUT2D eigenvalue weighted by Gasteiger charge is 2.35. The van der Waals surface area contributed by atoms with Crippen molar-refractivity contribution < 1.29 is 47.0 Å². The van der Waals surface area contributed by atoms with Crippen molar-refractivity contribution in [2.45, 2.75) is 50.9 Å². The van der Waals surface area contributed by atoms with Crippen molar-refractivity contribution in [3.8, 4) is 0 Å². The number of aromatic nitrogens is 2. The average molecular weight is 1180 g/mol. The number of ether oxygens (including phenoxy) is 2. The van der Waals surface area contributed by atoms with E-state index < -0.39 is 48.0 Å². The third-order valence-corrected chi connectivity index (χ3v) is 12.2. The predicted octanol–water partition coefficient (Wildman–Crippen LogP) is 8.43. The van der Waals surface area contributed by atoms with Crippen molar-refractivity contribution in [2.75, 3.05) is 51.0 Å². The molecule has 0 fully saturated rings. The van der Waals surface area contributed by atoms with Gasteiger partial charge >= 0.3 is 24.2 Å². The van der Waals surface area contributed by atoms with Gasteiger partial charge in [-0.2, -0.15) is 27.0 Å². The molecule has 76 heavy (non-hydrogen) atoms. The summed E-state index contributed by atoms with van der Waals surface area (Å²) in [6.07, 6.45) is 3.00. The maximum absolute atomic E-state index is 13.8. The number of nitrogens with zero attached hydrogens (tertiary/aromatic N) is 5. The van der Waals surface area contributed by atoms with Crippen LogP contribution >= 0.6 is 73.4 Å². The number of benzene rings is 3. The zero-order valence-corrected chi connectivity index (χ0v) is 46.0. The topological polar surface area (TPSA) is 283 Å². The maximum Gasteiger partial charge on any atom is 0.412 e. The number of rotatable bonds is 19. The van der Waals surface area contributed by atoms with E-state index >= 15 is 0 Å². The van der Waals surface area contributed by atoms with E-state index in [2.05, 4.69) is 42.9 Å². The first-order chi connectivity index (χ1) is 35.5. The Kier molecular flexibility index (Phi) is 29.2. The number of amides is 8. The molecule has 10 N–H and O–H groups in total. The molecule has 0 aliphatic carbocycles. The second-order valence-electron chi connectivity index (χ2n) is 15.8. The summed E-state index contributed by atoms with van der Waals surface area (Å²) in [5.74, 6) is 6.58. The Bertz CT molecular complexity index is 2680. The number of hydrogen-bond donors (Lipinski definition) is 7. The zero-order chi connectivity index (χ0) is 54.3. The van der Waals surface area contributed by atoms with E-state index in [1.54, 1.807) is 55.6 Å². The van der Waals surface area contributed by atoms with Crippen LogP contribution in [-0.4, -0.2) is 113 Å². The highest BCUT2D eigenvalue weighted by Crippen LogP contribution is 2.24. The van der Waals surface area contributed by atoms with E-state index in [4.69, 9.17) is 61.6 Å². The first-order valence-electron chi connectivity index (χ1n) is 22.4. The van der Waals surface area contributed by atoms with Gasteiger partial charge in [0.1, 0.15) is 36.5 Å². The van der Waals surface area contributed by atoms with E-state index in [0.29, 0.717) is 58.1 Å². The van der Waals surface area contributed by atoms with Crippen molar-refractivity contribution in [3.63, 3.8) is 0 Å². The van der Waals surface area contributed by atoms with Gasteiger partial charge in [0.15, 0.2) is 0 Å². The third kappa shape index (κ3) is 20.1. The monoisotopic (exact) mass is 1170 g/mol. The summed E-state index contributed by atoms with van der Waals surface area (Å²) < 4.78 is 37.9. The Labute approximate surface area is 471 Å². The summed E-state index contributed by atoms with van der Waals surface area (Å²) in [5.41, 5.74) is 7.11. The number of pyridine rings is 2. The Morgan fingerprint density at radius 1 is 0.632 bits per heavy atom. The van der Waals surface area contributed by atoms with Crippen molar-refractivity contribution in [3.05, 3.63) is 151 Å². The van der Waals surface area contributed by atoms with Gasteiger partial charge in [-0.05, 0) is 91.9 Å². The number of anilines is 2. The van der Waals surface area contributed by atoms with Gasteiger partial charge in [0.25, 0.3) is 11.8 Å². The summed E-state index contributed by atoms with van der Waals surface area (Å²) in [5, 5.41) is 11.0. The van der Waals surface area contributed by atoms with E-state index in [-0.39, 0.29) is 99.8 Å². The summed E-state index contributed by atoms with van der Waals surface area (Å²) in [6.45, 7) is 0.290. The van der Waals surface area contributed by atoms with Gasteiger partial charge in [0, 0.05) is 46.1 Å². The first kappa shape index (κ1) is 65.9. The number of urea groups is 2. The summed E-state index contributed by atoms with van der Waals surface area (Å²) in [7, 11) is 3.09. The third-order valence-electron chi connectivity index (χ3n) is 10.9. The quantitative estimate of drug-likeness (QED) is 0.0232.